The maximum Gasteiger partial charge on any atom is 0.256 e. The number of rotatable bonds is 3. The molecule has 1 heterocycles. The first-order chi connectivity index (χ1) is 11.4. The minimum atomic E-state index is -0.390. The summed E-state index contributed by atoms with van der Waals surface area (Å²) in [7, 11) is 3.84. The summed E-state index contributed by atoms with van der Waals surface area (Å²) in [5.41, 5.74) is 2.60. The summed E-state index contributed by atoms with van der Waals surface area (Å²) in [6, 6.07) is 10.3. The Hall–Kier alpha value is -2.30. The van der Waals surface area contributed by atoms with Crippen LogP contribution in [0.3, 0.4) is 0 Å². The Kier molecular flexibility index (Phi) is 4.35. The zero-order valence-electron chi connectivity index (χ0n) is 13.1. The van der Waals surface area contributed by atoms with Crippen LogP contribution in [-0.2, 0) is 4.79 Å². The first kappa shape index (κ1) is 16.6. The van der Waals surface area contributed by atoms with Crippen LogP contribution in [0.4, 0.5) is 11.4 Å². The molecule has 2 aromatic rings. The SMILES string of the molecule is CN(C)c1ccc(C(=O)/C=C2\C(=O)Nc3c(Cl)ccc(Cl)c32)cc1. The Morgan fingerprint density at radius 2 is 1.67 bits per heavy atom. The summed E-state index contributed by atoms with van der Waals surface area (Å²) < 4.78 is 0. The molecule has 3 rings (SSSR count). The van der Waals surface area contributed by atoms with Crippen LogP contribution in [0.5, 0.6) is 0 Å². The van der Waals surface area contributed by atoms with Gasteiger partial charge >= 0.3 is 0 Å². The number of hydrogen-bond acceptors (Lipinski definition) is 3. The van der Waals surface area contributed by atoms with Crippen molar-refractivity contribution >= 4 is 51.8 Å². The largest absolute Gasteiger partial charge is 0.378 e. The summed E-state index contributed by atoms with van der Waals surface area (Å²) in [4.78, 5) is 26.6. The van der Waals surface area contributed by atoms with Gasteiger partial charge in [0.1, 0.15) is 0 Å². The molecular formula is C18H14Cl2N2O2. The van der Waals surface area contributed by atoms with E-state index in [-0.39, 0.29) is 11.4 Å². The van der Waals surface area contributed by atoms with E-state index in [1.165, 1.54) is 6.08 Å². The number of nitrogens with one attached hydrogen (secondary N) is 1. The molecule has 0 aromatic heterocycles. The van der Waals surface area contributed by atoms with Crippen LogP contribution in [0.2, 0.25) is 10.0 Å². The maximum absolute atomic E-state index is 12.5. The van der Waals surface area contributed by atoms with Crippen molar-refractivity contribution in [3.8, 4) is 0 Å². The lowest BCUT2D eigenvalue weighted by molar-refractivity contribution is -0.110. The van der Waals surface area contributed by atoms with Crippen molar-refractivity contribution < 1.29 is 9.59 Å². The average Bonchev–Trinajstić information content (AvgIpc) is 2.89. The quantitative estimate of drug-likeness (QED) is 0.656. The smallest absolute Gasteiger partial charge is 0.256 e. The number of benzene rings is 2. The first-order valence-electron chi connectivity index (χ1n) is 7.21. The van der Waals surface area contributed by atoms with E-state index >= 15 is 0 Å². The molecule has 1 amide bonds. The van der Waals surface area contributed by atoms with E-state index in [0.29, 0.717) is 26.9 Å². The summed E-state index contributed by atoms with van der Waals surface area (Å²) in [6.45, 7) is 0. The number of nitrogens with zero attached hydrogens (tertiary/aromatic N) is 1. The molecule has 0 spiro atoms. The highest BCUT2D eigenvalue weighted by atomic mass is 35.5. The summed E-state index contributed by atoms with van der Waals surface area (Å²) in [5.74, 6) is -0.660. The van der Waals surface area contributed by atoms with Crippen molar-refractivity contribution in [2.45, 2.75) is 0 Å². The Bertz CT molecular complexity index is 871. The van der Waals surface area contributed by atoms with Crippen LogP contribution >= 0.6 is 23.2 Å². The number of amides is 1. The minimum Gasteiger partial charge on any atom is -0.378 e. The molecule has 1 aliphatic heterocycles. The molecule has 1 N–H and O–H groups in total. The molecule has 0 saturated heterocycles. The van der Waals surface area contributed by atoms with E-state index in [0.717, 1.165) is 5.69 Å². The molecule has 0 bridgehead atoms. The summed E-state index contributed by atoms with van der Waals surface area (Å²) >= 11 is 12.3. The lowest BCUT2D eigenvalue weighted by atomic mass is 10.0. The average molecular weight is 361 g/mol. The lowest BCUT2D eigenvalue weighted by Crippen LogP contribution is -2.09. The normalized spacial score (nSPS) is 14.5. The van der Waals surface area contributed by atoms with E-state index in [1.807, 2.05) is 31.1 Å². The number of allylic oxidation sites excluding steroid dienone is 1. The van der Waals surface area contributed by atoms with Gasteiger partial charge in [-0.1, -0.05) is 23.2 Å². The summed E-state index contributed by atoms with van der Waals surface area (Å²) in [6.07, 6.45) is 1.30. The van der Waals surface area contributed by atoms with E-state index in [1.54, 1.807) is 24.3 Å². The second kappa shape index (κ2) is 6.30. The monoisotopic (exact) mass is 360 g/mol. The molecule has 0 fully saturated rings. The van der Waals surface area contributed by atoms with Gasteiger partial charge in [-0.15, -0.1) is 0 Å². The van der Waals surface area contributed by atoms with Crippen LogP contribution in [0, 0.1) is 0 Å². The number of anilines is 2. The van der Waals surface area contributed by atoms with Gasteiger partial charge in [-0.3, -0.25) is 9.59 Å². The van der Waals surface area contributed by atoms with Crippen molar-refractivity contribution in [3.05, 3.63) is 63.6 Å². The van der Waals surface area contributed by atoms with Gasteiger partial charge < -0.3 is 10.2 Å². The third-order valence-corrected chi connectivity index (χ3v) is 4.43. The number of halogens is 2. The van der Waals surface area contributed by atoms with Crippen molar-refractivity contribution in [2.24, 2.45) is 0 Å². The molecular weight excluding hydrogens is 347 g/mol. The lowest BCUT2D eigenvalue weighted by Gasteiger charge is -2.12. The second-order valence-electron chi connectivity index (χ2n) is 5.60. The van der Waals surface area contributed by atoms with E-state index in [4.69, 9.17) is 23.2 Å². The van der Waals surface area contributed by atoms with E-state index in [9.17, 15) is 9.59 Å². The van der Waals surface area contributed by atoms with Crippen molar-refractivity contribution in [2.75, 3.05) is 24.3 Å². The fourth-order valence-corrected chi connectivity index (χ4v) is 2.97. The van der Waals surface area contributed by atoms with Gasteiger partial charge in [0.25, 0.3) is 5.91 Å². The predicted molar refractivity (Wildman–Crippen MR) is 98.2 cm³/mol. The van der Waals surface area contributed by atoms with Crippen LogP contribution in [0.1, 0.15) is 15.9 Å². The first-order valence-corrected chi connectivity index (χ1v) is 7.97. The zero-order valence-corrected chi connectivity index (χ0v) is 14.6. The fraction of sp³-hybridized carbons (Fsp3) is 0.111. The summed E-state index contributed by atoms with van der Waals surface area (Å²) in [5, 5.41) is 3.41. The Morgan fingerprint density at radius 3 is 2.29 bits per heavy atom. The van der Waals surface area contributed by atoms with Crippen molar-refractivity contribution in [1.82, 2.24) is 0 Å². The molecule has 6 heteroatoms. The number of fused-ring (bicyclic) bond motifs is 1. The van der Waals surface area contributed by atoms with E-state index < -0.39 is 5.91 Å². The Morgan fingerprint density at radius 1 is 1.04 bits per heavy atom. The molecule has 2 aromatic carbocycles. The molecule has 0 unspecified atom stereocenters. The van der Waals surface area contributed by atoms with Gasteiger partial charge in [-0.25, -0.2) is 0 Å². The van der Waals surface area contributed by atoms with Gasteiger partial charge in [0.2, 0.25) is 0 Å². The van der Waals surface area contributed by atoms with Crippen LogP contribution in [-0.4, -0.2) is 25.8 Å². The van der Waals surface area contributed by atoms with Crippen molar-refractivity contribution in [1.29, 1.82) is 0 Å². The van der Waals surface area contributed by atoms with Gasteiger partial charge in [0.05, 0.1) is 21.3 Å². The molecule has 4 nitrogen and oxygen atoms in total. The molecule has 0 atom stereocenters. The van der Waals surface area contributed by atoms with E-state index in [2.05, 4.69) is 5.32 Å². The Balaban J connectivity index is 1.99. The van der Waals surface area contributed by atoms with Gasteiger partial charge in [0.15, 0.2) is 5.78 Å². The highest BCUT2D eigenvalue weighted by Gasteiger charge is 2.29. The highest BCUT2D eigenvalue weighted by Crippen LogP contribution is 2.41. The van der Waals surface area contributed by atoms with Crippen LogP contribution < -0.4 is 10.2 Å². The second-order valence-corrected chi connectivity index (χ2v) is 6.41. The third-order valence-electron chi connectivity index (χ3n) is 3.80. The number of hydrogen-bond donors (Lipinski definition) is 1. The topological polar surface area (TPSA) is 49.4 Å². The van der Waals surface area contributed by atoms with Crippen molar-refractivity contribution in [3.63, 3.8) is 0 Å². The minimum absolute atomic E-state index is 0.221. The molecule has 0 saturated carbocycles. The predicted octanol–water partition coefficient (Wildman–Crippen LogP) is 4.28. The fourth-order valence-electron chi connectivity index (χ4n) is 2.51. The standard InChI is InChI=1S/C18H14Cl2N2O2/c1-22(2)11-5-3-10(4-6-11)15(23)9-12-16-13(19)7-8-14(20)17(16)21-18(12)24/h3-9H,1-2H3,(H,21,24)/b12-9-. The van der Waals surface area contributed by atoms with Gasteiger partial charge in [0, 0.05) is 30.9 Å². The number of carbonyl (C=O) groups is 2. The van der Waals surface area contributed by atoms with Crippen LogP contribution in [0.25, 0.3) is 5.57 Å². The Labute approximate surface area is 149 Å². The molecule has 24 heavy (non-hydrogen) atoms. The van der Waals surface area contributed by atoms with Gasteiger partial charge in [-0.05, 0) is 42.5 Å². The third kappa shape index (κ3) is 2.90. The zero-order chi connectivity index (χ0) is 17.4. The number of carbonyl (C=O) groups excluding carboxylic acids is 2. The highest BCUT2D eigenvalue weighted by molar-refractivity contribution is 6.45. The molecule has 0 aliphatic carbocycles. The number of ketones is 1. The molecule has 1 aliphatic rings. The van der Waals surface area contributed by atoms with Gasteiger partial charge in [-0.2, -0.15) is 0 Å². The molecule has 122 valence electrons. The maximum atomic E-state index is 12.5. The van der Waals surface area contributed by atoms with Crippen LogP contribution in [0.15, 0.2) is 42.5 Å². The molecule has 0 radical (unpaired) electrons.